The van der Waals surface area contributed by atoms with Crippen molar-refractivity contribution in [2.75, 3.05) is 0 Å². The van der Waals surface area contributed by atoms with Gasteiger partial charge in [-0.15, -0.1) is 0 Å². The normalized spacial score (nSPS) is 12.7. The van der Waals surface area contributed by atoms with E-state index < -0.39 is 34.9 Å². The van der Waals surface area contributed by atoms with Gasteiger partial charge in [-0.1, -0.05) is 51.0 Å². The van der Waals surface area contributed by atoms with Crippen LogP contribution in [0.15, 0.2) is 42.5 Å². The average Bonchev–Trinajstić information content (AvgIpc) is 2.79. The number of fused-ring (bicyclic) bond motifs is 2. The van der Waals surface area contributed by atoms with Gasteiger partial charge in [0.25, 0.3) is 0 Å². The van der Waals surface area contributed by atoms with E-state index in [2.05, 4.69) is 0 Å². The van der Waals surface area contributed by atoms with Crippen LogP contribution in [0.4, 0.5) is 22.0 Å². The quantitative estimate of drug-likeness (QED) is 0.261. The molecule has 0 atom stereocenters. The minimum Gasteiger partial charge on any atom is -0.450 e. The van der Waals surface area contributed by atoms with Gasteiger partial charge in [0, 0.05) is 17.5 Å². The van der Waals surface area contributed by atoms with Gasteiger partial charge in [0.2, 0.25) is 5.82 Å². The molecule has 3 aromatic carbocycles. The van der Waals surface area contributed by atoms with Crippen LogP contribution in [0.2, 0.25) is 0 Å². The molecule has 2 nitrogen and oxygen atoms in total. The van der Waals surface area contributed by atoms with Gasteiger partial charge in [-0.3, -0.25) is 0 Å². The summed E-state index contributed by atoms with van der Waals surface area (Å²) in [6.07, 6.45) is -1.40. The predicted octanol–water partition coefficient (Wildman–Crippen LogP) is 7.83. The lowest BCUT2D eigenvalue weighted by Crippen LogP contribution is -2.25. The van der Waals surface area contributed by atoms with E-state index in [4.69, 9.17) is 9.47 Å². The summed E-state index contributed by atoms with van der Waals surface area (Å²) in [5, 5.41) is 0. The van der Waals surface area contributed by atoms with Crippen LogP contribution in [0.5, 0.6) is 17.2 Å². The molecule has 1 aliphatic heterocycles. The Labute approximate surface area is 189 Å². The van der Waals surface area contributed by atoms with Crippen molar-refractivity contribution in [3.8, 4) is 17.2 Å². The SMILES string of the molecule is CCCc1ccc(OC(F)(F)c2cc3c(c(F)c2F)Oc2c(ccc(CCC)c2F)C3)cc1. The van der Waals surface area contributed by atoms with Crippen molar-refractivity contribution in [1.29, 1.82) is 0 Å². The Kier molecular flexibility index (Phi) is 6.32. The molecule has 0 aliphatic carbocycles. The summed E-state index contributed by atoms with van der Waals surface area (Å²) in [5.41, 5.74) is 0.450. The van der Waals surface area contributed by atoms with Crippen molar-refractivity contribution in [1.82, 2.24) is 0 Å². The largest absolute Gasteiger partial charge is 0.450 e. The monoisotopic (exact) mass is 462 g/mol. The number of hydrogen-bond donors (Lipinski definition) is 0. The van der Waals surface area contributed by atoms with Crippen molar-refractivity contribution in [3.63, 3.8) is 0 Å². The molecule has 0 amide bonds. The molecule has 0 aromatic heterocycles. The lowest BCUT2D eigenvalue weighted by Gasteiger charge is -2.25. The predicted molar refractivity (Wildman–Crippen MR) is 115 cm³/mol. The van der Waals surface area contributed by atoms with E-state index in [0.29, 0.717) is 24.0 Å². The molecular weight excluding hydrogens is 439 g/mol. The van der Waals surface area contributed by atoms with Gasteiger partial charge in [0.15, 0.2) is 23.1 Å². The first kappa shape index (κ1) is 23.1. The zero-order valence-electron chi connectivity index (χ0n) is 18.3. The highest BCUT2D eigenvalue weighted by Gasteiger charge is 2.41. The summed E-state index contributed by atoms with van der Waals surface area (Å²) in [5.74, 6) is -5.01. The molecule has 33 heavy (non-hydrogen) atoms. The van der Waals surface area contributed by atoms with Crippen molar-refractivity contribution in [3.05, 3.63) is 87.7 Å². The Morgan fingerprint density at radius 2 is 1.48 bits per heavy atom. The fraction of sp³-hybridized carbons (Fsp3) is 0.308. The maximum Gasteiger partial charge on any atom is 0.429 e. The van der Waals surface area contributed by atoms with Gasteiger partial charge in [-0.25, -0.2) is 8.78 Å². The summed E-state index contributed by atoms with van der Waals surface area (Å²) < 4.78 is 84.1. The summed E-state index contributed by atoms with van der Waals surface area (Å²) >= 11 is 0. The van der Waals surface area contributed by atoms with Gasteiger partial charge in [-0.05, 0) is 42.2 Å². The maximum absolute atomic E-state index is 14.9. The van der Waals surface area contributed by atoms with Crippen molar-refractivity contribution in [2.45, 2.75) is 52.1 Å². The van der Waals surface area contributed by atoms with Gasteiger partial charge < -0.3 is 9.47 Å². The topological polar surface area (TPSA) is 18.5 Å². The number of halogens is 5. The van der Waals surface area contributed by atoms with Crippen LogP contribution in [0.1, 0.15) is 54.5 Å². The second kappa shape index (κ2) is 9.04. The van der Waals surface area contributed by atoms with Crippen LogP contribution in [0.25, 0.3) is 0 Å². The zero-order valence-corrected chi connectivity index (χ0v) is 18.3. The van der Waals surface area contributed by atoms with Crippen LogP contribution in [0.3, 0.4) is 0 Å². The Hall–Kier alpha value is -3.09. The standard InChI is InChI=1S/C26H23F5O2/c1-3-5-15-7-11-19(12-8-15)33-26(30,31)20-14-18-13-17-10-9-16(6-4-2)21(27)24(17)32-25(18)23(29)22(20)28/h7-12,14H,3-6,13H2,1-2H3. The minimum absolute atomic E-state index is 0.0133. The van der Waals surface area contributed by atoms with Crippen LogP contribution >= 0.6 is 0 Å². The Bertz CT molecular complexity index is 1170. The van der Waals surface area contributed by atoms with Crippen molar-refractivity contribution < 1.29 is 31.4 Å². The van der Waals surface area contributed by atoms with E-state index in [-0.39, 0.29) is 23.5 Å². The molecule has 174 valence electrons. The molecule has 0 saturated carbocycles. The number of rotatable bonds is 7. The maximum atomic E-state index is 14.9. The molecular formula is C26H23F5O2. The number of aryl methyl sites for hydroxylation is 2. The molecule has 1 aliphatic rings. The Balaban J connectivity index is 1.67. The summed E-state index contributed by atoms with van der Waals surface area (Å²) in [6.45, 7) is 3.88. The number of benzene rings is 3. The van der Waals surface area contributed by atoms with E-state index in [1.54, 1.807) is 24.3 Å². The number of ether oxygens (including phenoxy) is 2. The highest BCUT2D eigenvalue weighted by molar-refractivity contribution is 5.54. The van der Waals surface area contributed by atoms with E-state index in [0.717, 1.165) is 24.5 Å². The average molecular weight is 462 g/mol. The molecule has 0 saturated heterocycles. The van der Waals surface area contributed by atoms with Gasteiger partial charge >= 0.3 is 6.11 Å². The van der Waals surface area contributed by atoms with Crippen LogP contribution < -0.4 is 9.47 Å². The highest BCUT2D eigenvalue weighted by atomic mass is 19.3. The highest BCUT2D eigenvalue weighted by Crippen LogP contribution is 2.45. The van der Waals surface area contributed by atoms with E-state index in [1.165, 1.54) is 12.1 Å². The molecule has 7 heteroatoms. The third-order valence-electron chi connectivity index (χ3n) is 5.62. The third-order valence-corrected chi connectivity index (χ3v) is 5.62. The lowest BCUT2D eigenvalue weighted by molar-refractivity contribution is -0.187. The summed E-state index contributed by atoms with van der Waals surface area (Å²) in [7, 11) is 0. The van der Waals surface area contributed by atoms with Gasteiger partial charge in [0.1, 0.15) is 11.3 Å². The smallest absolute Gasteiger partial charge is 0.429 e. The first-order chi connectivity index (χ1) is 15.7. The van der Waals surface area contributed by atoms with E-state index >= 15 is 0 Å². The second-order valence-electron chi connectivity index (χ2n) is 8.11. The molecule has 3 aromatic rings. The number of hydrogen-bond acceptors (Lipinski definition) is 2. The van der Waals surface area contributed by atoms with Crippen LogP contribution in [0, 0.1) is 17.5 Å². The third kappa shape index (κ3) is 4.41. The molecule has 0 N–H and O–H groups in total. The lowest BCUT2D eigenvalue weighted by atomic mass is 9.95. The number of alkyl halides is 2. The minimum atomic E-state index is -4.14. The van der Waals surface area contributed by atoms with Crippen LogP contribution in [-0.4, -0.2) is 0 Å². The molecule has 0 unspecified atom stereocenters. The van der Waals surface area contributed by atoms with Crippen molar-refractivity contribution in [2.24, 2.45) is 0 Å². The first-order valence-electron chi connectivity index (χ1n) is 10.9. The van der Waals surface area contributed by atoms with Gasteiger partial charge in [-0.2, -0.15) is 13.2 Å². The van der Waals surface area contributed by atoms with Crippen molar-refractivity contribution >= 4 is 0 Å². The van der Waals surface area contributed by atoms with Crippen LogP contribution in [-0.2, 0) is 25.4 Å². The van der Waals surface area contributed by atoms with E-state index in [1.807, 2.05) is 13.8 Å². The Morgan fingerprint density at radius 1 is 0.818 bits per heavy atom. The summed E-state index contributed by atoms with van der Waals surface area (Å²) in [6, 6.07) is 10.0. The van der Waals surface area contributed by atoms with Gasteiger partial charge in [0.05, 0.1) is 0 Å². The molecule has 1 heterocycles. The molecule has 0 fully saturated rings. The molecule has 0 spiro atoms. The molecule has 4 rings (SSSR count). The summed E-state index contributed by atoms with van der Waals surface area (Å²) in [4.78, 5) is 0. The fourth-order valence-corrected chi connectivity index (χ4v) is 3.99. The van der Waals surface area contributed by atoms with E-state index in [9.17, 15) is 22.0 Å². The fourth-order valence-electron chi connectivity index (χ4n) is 3.99. The first-order valence-corrected chi connectivity index (χ1v) is 10.9. The Morgan fingerprint density at radius 3 is 2.15 bits per heavy atom. The molecule has 0 radical (unpaired) electrons. The molecule has 0 bridgehead atoms. The second-order valence-corrected chi connectivity index (χ2v) is 8.11. The zero-order chi connectivity index (χ0) is 23.8.